The molecule has 0 unspecified atom stereocenters. The van der Waals surface area contributed by atoms with Gasteiger partial charge in [-0.05, 0) is 42.7 Å². The van der Waals surface area contributed by atoms with E-state index in [4.69, 9.17) is 0 Å². The fraction of sp³-hybridized carbons (Fsp3) is 0.296. The summed E-state index contributed by atoms with van der Waals surface area (Å²) in [6.45, 7) is 1.17. The molecule has 200 valence electrons. The normalized spacial score (nSPS) is 16.6. The SMILES string of the molecule is CN(C(=O)Nc1cncc(C(F)(F)F)c1)C1CC2(C1)CN(C(=O)c1cnn3cc(-c4ccncc4)ccc13)C2. The predicted molar refractivity (Wildman–Crippen MR) is 136 cm³/mol. The summed E-state index contributed by atoms with van der Waals surface area (Å²) >= 11 is 0. The number of anilines is 1. The summed E-state index contributed by atoms with van der Waals surface area (Å²) in [4.78, 5) is 36.7. The molecule has 4 aromatic heterocycles. The lowest BCUT2D eigenvalue weighted by atomic mass is 9.60. The molecule has 2 aliphatic rings. The van der Waals surface area contributed by atoms with E-state index >= 15 is 0 Å². The molecule has 1 aliphatic heterocycles. The smallest absolute Gasteiger partial charge is 0.337 e. The summed E-state index contributed by atoms with van der Waals surface area (Å²) in [5.41, 5.74) is 2.24. The first-order valence-corrected chi connectivity index (χ1v) is 12.4. The molecule has 1 N–H and O–H groups in total. The molecule has 0 radical (unpaired) electrons. The van der Waals surface area contributed by atoms with Gasteiger partial charge in [0.25, 0.3) is 5.91 Å². The van der Waals surface area contributed by atoms with Crippen molar-refractivity contribution in [1.82, 2.24) is 29.4 Å². The van der Waals surface area contributed by atoms with Crippen molar-refractivity contribution in [1.29, 1.82) is 0 Å². The van der Waals surface area contributed by atoms with Gasteiger partial charge < -0.3 is 15.1 Å². The van der Waals surface area contributed by atoms with Gasteiger partial charge in [0.05, 0.1) is 34.7 Å². The van der Waals surface area contributed by atoms with Crippen LogP contribution in [0.3, 0.4) is 0 Å². The summed E-state index contributed by atoms with van der Waals surface area (Å²) in [5, 5.41) is 6.87. The molecule has 1 saturated carbocycles. The molecule has 0 atom stereocenters. The van der Waals surface area contributed by atoms with Crippen LogP contribution in [0.15, 0.2) is 67.5 Å². The molecule has 2 fully saturated rings. The molecule has 5 heterocycles. The molecule has 3 amide bonds. The van der Waals surface area contributed by atoms with Crippen LogP contribution in [-0.2, 0) is 6.18 Å². The average molecular weight is 536 g/mol. The molecule has 1 saturated heterocycles. The van der Waals surface area contributed by atoms with Crippen molar-refractivity contribution >= 4 is 23.1 Å². The van der Waals surface area contributed by atoms with Gasteiger partial charge in [0, 0.05) is 61.9 Å². The summed E-state index contributed by atoms with van der Waals surface area (Å²) in [5.74, 6) is -0.0844. The molecular weight excluding hydrogens is 511 g/mol. The number of fused-ring (bicyclic) bond motifs is 1. The standard InChI is InChI=1S/C27H24F3N7O2/c1-35(25(39)34-20-8-19(11-32-12-20)27(28,29)30)21-9-26(10-21)15-36(16-26)24(38)22-13-33-37-14-18(2-3-23(22)37)17-4-6-31-7-5-17/h2-8,11-14,21H,9-10,15-16H2,1H3,(H,34,39). The second-order valence-corrected chi connectivity index (χ2v) is 10.3. The lowest BCUT2D eigenvalue weighted by molar-refractivity contribution is -0.137. The highest BCUT2D eigenvalue weighted by Crippen LogP contribution is 2.50. The van der Waals surface area contributed by atoms with Crippen LogP contribution < -0.4 is 5.32 Å². The molecular formula is C27H24F3N7O2. The van der Waals surface area contributed by atoms with Gasteiger partial charge in [0.15, 0.2) is 0 Å². The van der Waals surface area contributed by atoms with Crippen molar-refractivity contribution < 1.29 is 22.8 Å². The zero-order valence-corrected chi connectivity index (χ0v) is 20.9. The van der Waals surface area contributed by atoms with E-state index in [1.165, 1.54) is 11.1 Å². The number of halogens is 3. The number of carbonyl (C=O) groups is 2. The topological polar surface area (TPSA) is 95.7 Å². The Balaban J connectivity index is 1.04. The third kappa shape index (κ3) is 4.55. The molecule has 6 rings (SSSR count). The van der Waals surface area contributed by atoms with E-state index in [1.54, 1.807) is 35.1 Å². The molecule has 12 heteroatoms. The van der Waals surface area contributed by atoms with E-state index in [1.807, 2.05) is 30.5 Å². The van der Waals surface area contributed by atoms with Crippen LogP contribution in [0, 0.1) is 5.41 Å². The highest BCUT2D eigenvalue weighted by molar-refractivity contribution is 6.01. The van der Waals surface area contributed by atoms with Gasteiger partial charge in [0.1, 0.15) is 0 Å². The van der Waals surface area contributed by atoms with Gasteiger partial charge in [-0.15, -0.1) is 0 Å². The Bertz CT molecular complexity index is 1560. The molecule has 0 aromatic carbocycles. The van der Waals surface area contributed by atoms with Crippen molar-refractivity contribution in [2.24, 2.45) is 5.41 Å². The van der Waals surface area contributed by atoms with E-state index < -0.39 is 17.8 Å². The fourth-order valence-corrected chi connectivity index (χ4v) is 5.45. The van der Waals surface area contributed by atoms with E-state index in [9.17, 15) is 22.8 Å². The average Bonchev–Trinajstić information content (AvgIpc) is 3.30. The third-order valence-corrected chi connectivity index (χ3v) is 7.62. The number of aromatic nitrogens is 4. The maximum atomic E-state index is 13.2. The van der Waals surface area contributed by atoms with Gasteiger partial charge >= 0.3 is 12.2 Å². The van der Waals surface area contributed by atoms with E-state index in [2.05, 4.69) is 20.4 Å². The number of amides is 3. The van der Waals surface area contributed by atoms with Crippen LogP contribution in [0.5, 0.6) is 0 Å². The Morgan fingerprint density at radius 1 is 1.03 bits per heavy atom. The molecule has 0 bridgehead atoms. The van der Waals surface area contributed by atoms with Crippen LogP contribution in [0.4, 0.5) is 23.7 Å². The number of hydrogen-bond acceptors (Lipinski definition) is 5. The zero-order valence-electron chi connectivity index (χ0n) is 20.9. The lowest BCUT2D eigenvalue weighted by Gasteiger charge is -2.60. The van der Waals surface area contributed by atoms with Gasteiger partial charge in [0.2, 0.25) is 0 Å². The number of carbonyl (C=O) groups excluding carboxylic acids is 2. The first kappa shape index (κ1) is 24.8. The van der Waals surface area contributed by atoms with Crippen molar-refractivity contribution in [3.05, 3.63) is 78.6 Å². The van der Waals surface area contributed by atoms with E-state index in [-0.39, 0.29) is 23.1 Å². The number of pyridine rings is 3. The van der Waals surface area contributed by atoms with E-state index in [0.29, 0.717) is 37.7 Å². The Hall–Kier alpha value is -4.48. The second-order valence-electron chi connectivity index (χ2n) is 10.3. The number of likely N-dealkylation sites (tertiary alicyclic amines) is 1. The first-order chi connectivity index (χ1) is 18.6. The quantitative estimate of drug-likeness (QED) is 0.413. The van der Waals surface area contributed by atoms with Gasteiger partial charge in [-0.3, -0.25) is 14.8 Å². The second kappa shape index (κ2) is 9.07. The molecule has 4 aromatic rings. The lowest BCUT2D eigenvalue weighted by Crippen LogP contribution is -2.67. The number of nitrogens with zero attached hydrogens (tertiary/aromatic N) is 6. The summed E-state index contributed by atoms with van der Waals surface area (Å²) in [6.07, 6.45) is 5.69. The molecule has 39 heavy (non-hydrogen) atoms. The number of alkyl halides is 3. The number of hydrogen-bond donors (Lipinski definition) is 1. The van der Waals surface area contributed by atoms with Crippen molar-refractivity contribution in [2.75, 3.05) is 25.5 Å². The highest BCUT2D eigenvalue weighted by atomic mass is 19.4. The first-order valence-electron chi connectivity index (χ1n) is 12.4. The fourth-order valence-electron chi connectivity index (χ4n) is 5.45. The minimum Gasteiger partial charge on any atom is -0.337 e. The van der Waals surface area contributed by atoms with Crippen molar-refractivity contribution in [3.63, 3.8) is 0 Å². The van der Waals surface area contributed by atoms with Crippen molar-refractivity contribution in [3.8, 4) is 11.1 Å². The zero-order chi connectivity index (χ0) is 27.4. The number of nitrogens with one attached hydrogen (secondary N) is 1. The van der Waals surface area contributed by atoms with Crippen LogP contribution >= 0.6 is 0 Å². The minimum atomic E-state index is -4.54. The predicted octanol–water partition coefficient (Wildman–Crippen LogP) is 4.58. The third-order valence-electron chi connectivity index (χ3n) is 7.62. The molecule has 1 aliphatic carbocycles. The Kier molecular flexibility index (Phi) is 5.77. The Labute approximate surface area is 221 Å². The maximum absolute atomic E-state index is 13.2. The summed E-state index contributed by atoms with van der Waals surface area (Å²) in [7, 11) is 1.62. The van der Waals surface area contributed by atoms with Crippen LogP contribution in [0.25, 0.3) is 16.6 Å². The summed E-state index contributed by atoms with van der Waals surface area (Å²) < 4.78 is 40.5. The number of urea groups is 1. The monoisotopic (exact) mass is 535 g/mol. The van der Waals surface area contributed by atoms with Crippen molar-refractivity contribution in [2.45, 2.75) is 25.1 Å². The number of rotatable bonds is 4. The van der Waals surface area contributed by atoms with Crippen LogP contribution in [-0.4, -0.2) is 67.5 Å². The van der Waals surface area contributed by atoms with Crippen LogP contribution in [0.1, 0.15) is 28.8 Å². The Morgan fingerprint density at radius 3 is 2.49 bits per heavy atom. The minimum absolute atomic E-state index is 0.0163. The van der Waals surface area contributed by atoms with Gasteiger partial charge in [-0.2, -0.15) is 18.3 Å². The van der Waals surface area contributed by atoms with Gasteiger partial charge in [-0.1, -0.05) is 6.07 Å². The maximum Gasteiger partial charge on any atom is 0.417 e. The molecule has 1 spiro atoms. The highest BCUT2D eigenvalue weighted by Gasteiger charge is 2.55. The Morgan fingerprint density at radius 2 is 1.77 bits per heavy atom. The van der Waals surface area contributed by atoms with E-state index in [0.717, 1.165) is 22.7 Å². The van der Waals surface area contributed by atoms with Crippen LogP contribution in [0.2, 0.25) is 0 Å². The van der Waals surface area contributed by atoms with Gasteiger partial charge in [-0.25, -0.2) is 9.31 Å². The largest absolute Gasteiger partial charge is 0.417 e. The summed E-state index contributed by atoms with van der Waals surface area (Å²) in [6, 6.07) is 7.95. The molecule has 9 nitrogen and oxygen atoms in total.